The van der Waals surface area contributed by atoms with Gasteiger partial charge in [0.1, 0.15) is 12.4 Å². The van der Waals surface area contributed by atoms with Gasteiger partial charge >= 0.3 is 6.18 Å². The highest BCUT2D eigenvalue weighted by Crippen LogP contribution is 2.30. The first-order chi connectivity index (χ1) is 13.2. The van der Waals surface area contributed by atoms with Crippen LogP contribution in [0, 0.1) is 6.92 Å². The van der Waals surface area contributed by atoms with Crippen molar-refractivity contribution in [2.45, 2.75) is 38.6 Å². The molecule has 0 heterocycles. The summed E-state index contributed by atoms with van der Waals surface area (Å²) in [5.74, 6) is 0.721. The number of alkyl halides is 3. The molecule has 0 aromatic heterocycles. The normalized spacial score (nSPS) is 14.0. The zero-order valence-electron chi connectivity index (χ0n) is 16.0. The molecular weight excluding hydrogens is 371 g/mol. The van der Waals surface area contributed by atoms with Gasteiger partial charge in [-0.3, -0.25) is 0 Å². The monoisotopic (exact) mass is 397 g/mol. The third-order valence-corrected chi connectivity index (χ3v) is 4.39. The third-order valence-electron chi connectivity index (χ3n) is 4.39. The van der Waals surface area contributed by atoms with Gasteiger partial charge in [-0.2, -0.15) is 13.2 Å². The number of aliphatic hydroxyl groups excluding tert-OH is 2. The maximum Gasteiger partial charge on any atom is 0.416 e. The summed E-state index contributed by atoms with van der Waals surface area (Å²) in [6.07, 6.45) is -4.77. The molecule has 3 N–H and O–H groups in total. The standard InChI is InChI=1S/C21H26F3NO3/c1-14-10-16(6-7-20(14)28-9-8-26)11-15(2)25-13-19(27)17-4-3-5-18(12-17)21(22,23)24/h3-7,10,12,15,19,25-27H,8-9,11,13H2,1-2H3. The minimum absolute atomic E-state index is 0.0176. The summed E-state index contributed by atoms with van der Waals surface area (Å²) in [5.41, 5.74) is 1.50. The lowest BCUT2D eigenvalue weighted by Crippen LogP contribution is -2.32. The highest BCUT2D eigenvalue weighted by atomic mass is 19.4. The number of ether oxygens (including phenoxy) is 1. The molecule has 0 amide bonds. The zero-order valence-corrected chi connectivity index (χ0v) is 16.0. The van der Waals surface area contributed by atoms with Crippen molar-refractivity contribution in [2.75, 3.05) is 19.8 Å². The van der Waals surface area contributed by atoms with E-state index in [4.69, 9.17) is 9.84 Å². The van der Waals surface area contributed by atoms with Gasteiger partial charge in [-0.05, 0) is 55.2 Å². The molecule has 0 aliphatic heterocycles. The summed E-state index contributed by atoms with van der Waals surface area (Å²) in [7, 11) is 0. The second-order valence-corrected chi connectivity index (χ2v) is 6.82. The van der Waals surface area contributed by atoms with E-state index in [1.807, 2.05) is 32.0 Å². The topological polar surface area (TPSA) is 61.7 Å². The third kappa shape index (κ3) is 6.51. The van der Waals surface area contributed by atoms with Gasteiger partial charge in [0.2, 0.25) is 0 Å². The first-order valence-corrected chi connectivity index (χ1v) is 9.12. The zero-order chi connectivity index (χ0) is 20.7. The smallest absolute Gasteiger partial charge is 0.416 e. The number of rotatable bonds is 9. The lowest BCUT2D eigenvalue weighted by Gasteiger charge is -2.19. The molecule has 7 heteroatoms. The SMILES string of the molecule is Cc1cc(CC(C)NCC(O)c2cccc(C(F)(F)F)c2)ccc1OCCO. The molecule has 154 valence electrons. The maximum atomic E-state index is 12.8. The van der Waals surface area contributed by atoms with Crippen molar-refractivity contribution >= 4 is 0 Å². The number of hydrogen-bond donors (Lipinski definition) is 3. The molecule has 2 aromatic rings. The van der Waals surface area contributed by atoms with Crippen molar-refractivity contribution in [2.24, 2.45) is 0 Å². The van der Waals surface area contributed by atoms with Crippen LogP contribution in [0.5, 0.6) is 5.75 Å². The fourth-order valence-electron chi connectivity index (χ4n) is 2.93. The van der Waals surface area contributed by atoms with Crippen LogP contribution in [0.15, 0.2) is 42.5 Å². The number of aliphatic hydroxyl groups is 2. The Morgan fingerprint density at radius 1 is 1.14 bits per heavy atom. The van der Waals surface area contributed by atoms with Crippen LogP contribution in [-0.4, -0.2) is 36.0 Å². The van der Waals surface area contributed by atoms with Crippen LogP contribution in [0.1, 0.15) is 35.3 Å². The molecule has 2 rings (SSSR count). The molecule has 0 saturated heterocycles. The fourth-order valence-corrected chi connectivity index (χ4v) is 2.93. The quantitative estimate of drug-likeness (QED) is 0.605. The molecule has 0 aliphatic rings. The summed E-state index contributed by atoms with van der Waals surface area (Å²) >= 11 is 0. The van der Waals surface area contributed by atoms with E-state index in [2.05, 4.69) is 5.32 Å². The van der Waals surface area contributed by atoms with E-state index in [-0.39, 0.29) is 31.4 Å². The fraction of sp³-hybridized carbons (Fsp3) is 0.429. The van der Waals surface area contributed by atoms with Gasteiger partial charge in [0, 0.05) is 12.6 Å². The van der Waals surface area contributed by atoms with Crippen molar-refractivity contribution in [1.82, 2.24) is 5.32 Å². The van der Waals surface area contributed by atoms with Crippen molar-refractivity contribution in [3.8, 4) is 5.75 Å². The second-order valence-electron chi connectivity index (χ2n) is 6.82. The minimum atomic E-state index is -4.43. The van der Waals surface area contributed by atoms with Crippen LogP contribution in [0.3, 0.4) is 0 Å². The summed E-state index contributed by atoms with van der Waals surface area (Å²) in [6, 6.07) is 10.5. The van der Waals surface area contributed by atoms with Crippen molar-refractivity contribution < 1.29 is 28.1 Å². The second kappa shape index (κ2) is 9.91. The van der Waals surface area contributed by atoms with E-state index in [1.165, 1.54) is 12.1 Å². The summed E-state index contributed by atoms with van der Waals surface area (Å²) in [6.45, 7) is 4.22. The van der Waals surface area contributed by atoms with Crippen molar-refractivity contribution in [1.29, 1.82) is 0 Å². The molecule has 0 bridgehead atoms. The molecular formula is C21H26F3NO3. The van der Waals surface area contributed by atoms with E-state index in [1.54, 1.807) is 0 Å². The Kier molecular flexibility index (Phi) is 7.86. The molecule has 0 radical (unpaired) electrons. The minimum Gasteiger partial charge on any atom is -0.491 e. The number of hydrogen-bond acceptors (Lipinski definition) is 4. The first-order valence-electron chi connectivity index (χ1n) is 9.12. The van der Waals surface area contributed by atoms with Gasteiger partial charge in [-0.25, -0.2) is 0 Å². The molecule has 4 nitrogen and oxygen atoms in total. The molecule has 2 unspecified atom stereocenters. The van der Waals surface area contributed by atoms with Crippen LogP contribution >= 0.6 is 0 Å². The van der Waals surface area contributed by atoms with E-state index in [9.17, 15) is 18.3 Å². The van der Waals surface area contributed by atoms with Gasteiger partial charge in [0.25, 0.3) is 0 Å². The van der Waals surface area contributed by atoms with Gasteiger partial charge in [-0.15, -0.1) is 0 Å². The van der Waals surface area contributed by atoms with Gasteiger partial charge < -0.3 is 20.3 Å². The average Bonchev–Trinajstić information content (AvgIpc) is 2.65. The van der Waals surface area contributed by atoms with E-state index in [0.29, 0.717) is 6.42 Å². The number of benzene rings is 2. The van der Waals surface area contributed by atoms with Crippen molar-refractivity contribution in [3.05, 3.63) is 64.7 Å². The molecule has 2 atom stereocenters. The van der Waals surface area contributed by atoms with Gasteiger partial charge in [0.15, 0.2) is 0 Å². The highest BCUT2D eigenvalue weighted by molar-refractivity contribution is 5.36. The largest absolute Gasteiger partial charge is 0.491 e. The number of halogens is 3. The maximum absolute atomic E-state index is 12.8. The Balaban J connectivity index is 1.90. The molecule has 28 heavy (non-hydrogen) atoms. The molecule has 0 aliphatic carbocycles. The van der Waals surface area contributed by atoms with E-state index in [0.717, 1.165) is 29.0 Å². The van der Waals surface area contributed by atoms with Crippen LogP contribution < -0.4 is 10.1 Å². The Bertz CT molecular complexity index is 765. The predicted octanol–water partition coefficient (Wildman–Crippen LogP) is 3.64. The average molecular weight is 397 g/mol. The predicted molar refractivity (Wildman–Crippen MR) is 101 cm³/mol. The van der Waals surface area contributed by atoms with Crippen LogP contribution in [0.2, 0.25) is 0 Å². The summed E-state index contributed by atoms with van der Waals surface area (Å²) in [4.78, 5) is 0. The first kappa shape index (κ1) is 22.2. The summed E-state index contributed by atoms with van der Waals surface area (Å²) in [5, 5.41) is 22.2. The summed E-state index contributed by atoms with van der Waals surface area (Å²) < 4.78 is 43.8. The van der Waals surface area contributed by atoms with Gasteiger partial charge in [0.05, 0.1) is 18.3 Å². The number of nitrogens with one attached hydrogen (secondary N) is 1. The Morgan fingerprint density at radius 2 is 1.89 bits per heavy atom. The lowest BCUT2D eigenvalue weighted by atomic mass is 10.0. The number of aryl methyl sites for hydroxylation is 1. The lowest BCUT2D eigenvalue weighted by molar-refractivity contribution is -0.137. The van der Waals surface area contributed by atoms with E-state index < -0.39 is 17.8 Å². The van der Waals surface area contributed by atoms with E-state index >= 15 is 0 Å². The Hall–Kier alpha value is -2.09. The van der Waals surface area contributed by atoms with Crippen LogP contribution in [0.4, 0.5) is 13.2 Å². The van der Waals surface area contributed by atoms with Crippen molar-refractivity contribution in [3.63, 3.8) is 0 Å². The molecule has 0 spiro atoms. The molecule has 2 aromatic carbocycles. The molecule has 0 fully saturated rings. The van der Waals surface area contributed by atoms with Gasteiger partial charge in [-0.1, -0.05) is 24.3 Å². The Morgan fingerprint density at radius 3 is 2.54 bits per heavy atom. The Labute approximate surface area is 163 Å². The van der Waals surface area contributed by atoms with Crippen LogP contribution in [0.25, 0.3) is 0 Å². The highest BCUT2D eigenvalue weighted by Gasteiger charge is 2.30. The van der Waals surface area contributed by atoms with Crippen LogP contribution in [-0.2, 0) is 12.6 Å². The molecule has 0 saturated carbocycles.